The van der Waals surface area contributed by atoms with Gasteiger partial charge in [-0.15, -0.1) is 0 Å². The molecule has 0 bridgehead atoms. The van der Waals surface area contributed by atoms with E-state index in [1.54, 1.807) is 0 Å². The minimum absolute atomic E-state index is 0.0307. The molecule has 0 aromatic heterocycles. The maximum absolute atomic E-state index is 13.0. The van der Waals surface area contributed by atoms with Crippen LogP contribution in [0, 0.1) is 5.82 Å². The van der Waals surface area contributed by atoms with Gasteiger partial charge in [-0.1, -0.05) is 11.6 Å². The molecule has 5 heteroatoms. The third kappa shape index (κ3) is 2.40. The maximum atomic E-state index is 13.0. The Morgan fingerprint density at radius 1 is 1.62 bits per heavy atom. The Labute approximate surface area is 88.6 Å². The van der Waals surface area contributed by atoms with Gasteiger partial charge in [0.05, 0.1) is 15.6 Å². The molecule has 0 saturated carbocycles. The number of rotatable bonds is 2. The Morgan fingerprint density at radius 2 is 2.23 bits per heavy atom. The summed E-state index contributed by atoms with van der Waals surface area (Å²) in [5, 5.41) is 9.31. The van der Waals surface area contributed by atoms with Crippen LogP contribution in [0.3, 0.4) is 0 Å². The van der Waals surface area contributed by atoms with E-state index in [2.05, 4.69) is 15.9 Å². The first-order valence-corrected chi connectivity index (χ1v) is 4.76. The Hall–Kier alpha value is -0.160. The van der Waals surface area contributed by atoms with E-state index in [9.17, 15) is 9.50 Å². The van der Waals surface area contributed by atoms with Crippen LogP contribution >= 0.6 is 27.5 Å². The van der Waals surface area contributed by atoms with E-state index >= 15 is 0 Å². The van der Waals surface area contributed by atoms with Gasteiger partial charge in [-0.2, -0.15) is 0 Å². The van der Waals surface area contributed by atoms with Crippen molar-refractivity contribution in [1.29, 1.82) is 0 Å². The first-order valence-electron chi connectivity index (χ1n) is 3.59. The van der Waals surface area contributed by atoms with E-state index in [4.69, 9.17) is 17.3 Å². The lowest BCUT2D eigenvalue weighted by Gasteiger charge is -2.09. The van der Waals surface area contributed by atoms with Crippen LogP contribution in [0.25, 0.3) is 0 Å². The molecule has 72 valence electrons. The molecular weight excluding hydrogens is 260 g/mol. The summed E-state index contributed by atoms with van der Waals surface area (Å²) in [5.74, 6) is -0.533. The van der Waals surface area contributed by atoms with Crippen molar-refractivity contribution in [2.45, 2.75) is 6.10 Å². The zero-order chi connectivity index (χ0) is 10.0. The van der Waals surface area contributed by atoms with Crippen LogP contribution in [0.1, 0.15) is 11.7 Å². The van der Waals surface area contributed by atoms with Gasteiger partial charge < -0.3 is 10.8 Å². The van der Waals surface area contributed by atoms with Crippen molar-refractivity contribution < 1.29 is 9.50 Å². The van der Waals surface area contributed by atoms with E-state index in [0.717, 1.165) is 0 Å². The van der Waals surface area contributed by atoms with Gasteiger partial charge in [0.2, 0.25) is 0 Å². The standard InChI is InChI=1S/C8H8BrClFNO/c9-5-1-4(7(13)3-12)2-6(10)8(5)11/h1-2,7,13H,3,12H2. The highest BCUT2D eigenvalue weighted by Gasteiger charge is 2.11. The molecule has 1 aromatic rings. The molecule has 13 heavy (non-hydrogen) atoms. The molecule has 1 rings (SSSR count). The van der Waals surface area contributed by atoms with E-state index in [0.29, 0.717) is 5.56 Å². The Balaban J connectivity index is 3.13. The summed E-state index contributed by atoms with van der Waals surface area (Å²) in [5.41, 5.74) is 5.74. The van der Waals surface area contributed by atoms with Crippen molar-refractivity contribution in [2.24, 2.45) is 5.73 Å². The number of aliphatic hydroxyl groups excluding tert-OH is 1. The summed E-state index contributed by atoms with van der Waals surface area (Å²) in [6.45, 7) is 0.0778. The zero-order valence-electron chi connectivity index (χ0n) is 6.60. The highest BCUT2D eigenvalue weighted by Crippen LogP contribution is 2.27. The number of hydrogen-bond acceptors (Lipinski definition) is 2. The second-order valence-electron chi connectivity index (χ2n) is 2.55. The molecule has 1 aromatic carbocycles. The van der Waals surface area contributed by atoms with Gasteiger partial charge >= 0.3 is 0 Å². The molecule has 2 nitrogen and oxygen atoms in total. The van der Waals surface area contributed by atoms with E-state index < -0.39 is 11.9 Å². The summed E-state index contributed by atoms with van der Waals surface area (Å²) in [4.78, 5) is 0. The van der Waals surface area contributed by atoms with Gasteiger partial charge in [0.25, 0.3) is 0 Å². The second kappa shape index (κ2) is 4.37. The number of aliphatic hydroxyl groups is 1. The SMILES string of the molecule is NCC(O)c1cc(Cl)c(F)c(Br)c1. The molecule has 0 amide bonds. The maximum Gasteiger partial charge on any atom is 0.155 e. The Morgan fingerprint density at radius 3 is 2.69 bits per heavy atom. The molecule has 1 atom stereocenters. The number of hydrogen-bond donors (Lipinski definition) is 2. The van der Waals surface area contributed by atoms with Crippen LogP contribution in [-0.2, 0) is 0 Å². The molecule has 0 saturated heterocycles. The van der Waals surface area contributed by atoms with Crippen molar-refractivity contribution in [3.63, 3.8) is 0 Å². The van der Waals surface area contributed by atoms with E-state index in [1.165, 1.54) is 12.1 Å². The highest BCUT2D eigenvalue weighted by molar-refractivity contribution is 9.10. The van der Waals surface area contributed by atoms with Crippen LogP contribution in [-0.4, -0.2) is 11.7 Å². The van der Waals surface area contributed by atoms with Crippen LogP contribution in [0.2, 0.25) is 5.02 Å². The van der Waals surface area contributed by atoms with Crippen molar-refractivity contribution in [2.75, 3.05) is 6.54 Å². The molecule has 0 aliphatic carbocycles. The topological polar surface area (TPSA) is 46.2 Å². The van der Waals surface area contributed by atoms with Gasteiger partial charge in [0.15, 0.2) is 5.82 Å². The molecule has 0 heterocycles. The number of benzene rings is 1. The molecule has 0 radical (unpaired) electrons. The third-order valence-corrected chi connectivity index (χ3v) is 2.47. The monoisotopic (exact) mass is 267 g/mol. The minimum atomic E-state index is -0.811. The highest BCUT2D eigenvalue weighted by atomic mass is 79.9. The average Bonchev–Trinajstić information content (AvgIpc) is 2.12. The van der Waals surface area contributed by atoms with Crippen molar-refractivity contribution in [3.05, 3.63) is 33.0 Å². The number of nitrogens with two attached hydrogens (primary N) is 1. The van der Waals surface area contributed by atoms with Crippen molar-refractivity contribution in [1.82, 2.24) is 0 Å². The number of halogens is 3. The van der Waals surface area contributed by atoms with Crippen molar-refractivity contribution >= 4 is 27.5 Å². The van der Waals surface area contributed by atoms with Gasteiger partial charge in [-0.3, -0.25) is 0 Å². The largest absolute Gasteiger partial charge is 0.387 e. The fourth-order valence-electron chi connectivity index (χ4n) is 0.904. The fourth-order valence-corrected chi connectivity index (χ4v) is 1.72. The first-order chi connectivity index (χ1) is 6.06. The summed E-state index contributed by atoms with van der Waals surface area (Å²) in [6, 6.07) is 2.82. The molecule has 0 aliphatic heterocycles. The fraction of sp³-hybridized carbons (Fsp3) is 0.250. The molecule has 1 unspecified atom stereocenters. The van der Waals surface area contributed by atoms with Gasteiger partial charge in [-0.25, -0.2) is 4.39 Å². The molecule has 0 spiro atoms. The summed E-state index contributed by atoms with van der Waals surface area (Å²) >= 11 is 8.55. The summed E-state index contributed by atoms with van der Waals surface area (Å²) in [6.07, 6.45) is -0.811. The molecule has 3 N–H and O–H groups in total. The van der Waals surface area contributed by atoms with Crippen molar-refractivity contribution in [3.8, 4) is 0 Å². The minimum Gasteiger partial charge on any atom is -0.387 e. The van der Waals surface area contributed by atoms with Crippen LogP contribution in [0.15, 0.2) is 16.6 Å². The predicted octanol–water partition coefficient (Wildman–Crippen LogP) is 2.23. The lowest BCUT2D eigenvalue weighted by Crippen LogP contribution is -2.11. The van der Waals surface area contributed by atoms with Gasteiger partial charge in [0.1, 0.15) is 0 Å². The first kappa shape index (κ1) is 10.9. The smallest absolute Gasteiger partial charge is 0.155 e. The molecular formula is C8H8BrClFNO. The van der Waals surface area contributed by atoms with Gasteiger partial charge in [-0.05, 0) is 33.6 Å². The normalized spacial score (nSPS) is 13.0. The van der Waals surface area contributed by atoms with Crippen LogP contribution in [0.5, 0.6) is 0 Å². The lowest BCUT2D eigenvalue weighted by molar-refractivity contribution is 0.186. The summed E-state index contributed by atoms with van der Waals surface area (Å²) in [7, 11) is 0. The third-order valence-electron chi connectivity index (χ3n) is 1.61. The van der Waals surface area contributed by atoms with Crippen LogP contribution in [0.4, 0.5) is 4.39 Å². The average molecular weight is 269 g/mol. The van der Waals surface area contributed by atoms with E-state index in [1.807, 2.05) is 0 Å². The zero-order valence-corrected chi connectivity index (χ0v) is 8.94. The summed E-state index contributed by atoms with van der Waals surface area (Å²) < 4.78 is 13.2. The van der Waals surface area contributed by atoms with Gasteiger partial charge in [0, 0.05) is 6.54 Å². The second-order valence-corrected chi connectivity index (χ2v) is 3.81. The quantitative estimate of drug-likeness (QED) is 0.808. The Kier molecular flexibility index (Phi) is 3.67. The Bertz CT molecular complexity index is 298. The van der Waals surface area contributed by atoms with Crippen LogP contribution < -0.4 is 5.73 Å². The predicted molar refractivity (Wildman–Crippen MR) is 53.1 cm³/mol. The molecule has 0 fully saturated rings. The lowest BCUT2D eigenvalue weighted by atomic mass is 10.1. The van der Waals surface area contributed by atoms with E-state index in [-0.39, 0.29) is 16.0 Å². The molecule has 0 aliphatic rings.